The highest BCUT2D eigenvalue weighted by Crippen LogP contribution is 2.46. The maximum Gasteiger partial charge on any atom is 0.246 e. The highest BCUT2D eigenvalue weighted by molar-refractivity contribution is 8.77. The van der Waals surface area contributed by atoms with E-state index in [4.69, 9.17) is 28.7 Å². The summed E-state index contributed by atoms with van der Waals surface area (Å²) in [6.07, 6.45) is 0.462. The molecular weight excluding hydrogens is 1040 g/mol. The fraction of sp³-hybridized carbons (Fsp3) is 0.540. The molecule has 420 valence electrons. The van der Waals surface area contributed by atoms with Gasteiger partial charge in [0.15, 0.2) is 11.7 Å². The highest BCUT2D eigenvalue weighted by Gasteiger charge is 2.43. The summed E-state index contributed by atoms with van der Waals surface area (Å²) in [5.74, 6) is -8.11. The van der Waals surface area contributed by atoms with E-state index in [0.29, 0.717) is 43.5 Å². The number of carbonyl (C=O) groups is 10. The highest BCUT2D eigenvalue weighted by atomic mass is 33.1. The topological polar surface area (TPSA) is 412 Å². The summed E-state index contributed by atoms with van der Waals surface area (Å²) in [5, 5.41) is 26.4. The van der Waals surface area contributed by atoms with E-state index in [0.717, 1.165) is 0 Å². The van der Waals surface area contributed by atoms with Crippen molar-refractivity contribution < 1.29 is 53.1 Å². The van der Waals surface area contributed by atoms with Crippen LogP contribution in [-0.2, 0) is 60.8 Å². The van der Waals surface area contributed by atoms with Crippen LogP contribution in [0.1, 0.15) is 75.3 Å². The lowest BCUT2D eigenvalue weighted by Crippen LogP contribution is -2.61. The molecule has 0 radical (unpaired) electrons. The molecule has 2 aromatic rings. The number of Topliss-reactive ketones (excluding diaryl/α,β-unsaturated/α-hetero) is 1. The van der Waals surface area contributed by atoms with Gasteiger partial charge in [0, 0.05) is 36.4 Å². The number of primary amides is 3. The van der Waals surface area contributed by atoms with Crippen molar-refractivity contribution in [2.45, 2.75) is 124 Å². The van der Waals surface area contributed by atoms with Gasteiger partial charge < -0.3 is 70.2 Å². The number of amides is 9. The molecule has 3 aliphatic heterocycles. The number of aromatic hydroxyl groups is 1. The molecule has 77 heavy (non-hydrogen) atoms. The third-order valence-corrected chi connectivity index (χ3v) is 16.8. The van der Waals surface area contributed by atoms with E-state index in [1.54, 1.807) is 42.5 Å². The van der Waals surface area contributed by atoms with Gasteiger partial charge in [0.05, 0.1) is 25.0 Å². The van der Waals surface area contributed by atoms with E-state index in [-0.39, 0.29) is 81.3 Å². The zero-order valence-corrected chi connectivity index (χ0v) is 44.7. The molecule has 7 atom stereocenters. The Kier molecular flexibility index (Phi) is 23.3. The van der Waals surface area contributed by atoms with Crippen molar-refractivity contribution in [3.63, 3.8) is 0 Å². The number of piperidine rings is 1. The molecule has 0 aromatic heterocycles. The number of hydrogen-bond donors (Lipinski definition) is 12. The fourth-order valence-electron chi connectivity index (χ4n) is 9.24. The SMILES string of the molecule is CN1CCC2(CC1)CC(=O)[C@H](Cc1ccc(O)cc1)N[C@@H](Cc1ccccc1)C(=O)N[C@@H](CCC(N)=O)C(=O)N[C@@H](CC(N)=O)C(=O)N[C@H](C(=O)N1CCC[C@H]1C(=O)N[C@@H](CCCN=C(N)N)C(=O)NCC(N)=O)CSS2. The summed E-state index contributed by atoms with van der Waals surface area (Å²) in [6.45, 7) is 0.871. The quantitative estimate of drug-likeness (QED) is 0.0290. The molecule has 0 bridgehead atoms. The number of ketones is 1. The maximum atomic E-state index is 15.1. The third kappa shape index (κ3) is 19.5. The van der Waals surface area contributed by atoms with E-state index in [9.17, 15) is 48.3 Å². The number of benzene rings is 2. The van der Waals surface area contributed by atoms with Crippen LogP contribution in [0.3, 0.4) is 0 Å². The molecule has 2 aromatic carbocycles. The van der Waals surface area contributed by atoms with Crippen molar-refractivity contribution in [2.24, 2.45) is 33.7 Å². The summed E-state index contributed by atoms with van der Waals surface area (Å²) in [4.78, 5) is 144. The summed E-state index contributed by atoms with van der Waals surface area (Å²) in [6, 6.07) is 6.10. The third-order valence-electron chi connectivity index (χ3n) is 13.5. The molecule has 3 heterocycles. The molecular formula is C50H72N14O11S2. The van der Waals surface area contributed by atoms with Gasteiger partial charge in [-0.25, -0.2) is 0 Å². The summed E-state index contributed by atoms with van der Waals surface area (Å²) >= 11 is 0. The van der Waals surface area contributed by atoms with Crippen molar-refractivity contribution in [3.8, 4) is 5.75 Å². The minimum atomic E-state index is -1.72. The van der Waals surface area contributed by atoms with E-state index in [2.05, 4.69) is 41.8 Å². The minimum Gasteiger partial charge on any atom is -0.508 e. The Bertz CT molecular complexity index is 2460. The Morgan fingerprint density at radius 1 is 0.792 bits per heavy atom. The molecule has 17 N–H and O–H groups in total. The molecule has 0 saturated carbocycles. The number of hydrogen-bond acceptors (Lipinski definition) is 16. The molecule has 5 rings (SSSR count). The van der Waals surface area contributed by atoms with E-state index in [1.165, 1.54) is 38.6 Å². The first-order valence-corrected chi connectivity index (χ1v) is 27.7. The number of phenolic OH excluding ortho intramolecular Hbond substituents is 1. The Labute approximate surface area is 454 Å². The predicted molar refractivity (Wildman–Crippen MR) is 289 cm³/mol. The normalized spacial score (nSPS) is 23.2. The van der Waals surface area contributed by atoms with Crippen LogP contribution < -0.4 is 60.6 Å². The average molecular weight is 1110 g/mol. The zero-order valence-electron chi connectivity index (χ0n) is 43.0. The van der Waals surface area contributed by atoms with Gasteiger partial charge in [-0.05, 0) is 101 Å². The van der Waals surface area contributed by atoms with Crippen LogP contribution in [0.5, 0.6) is 5.75 Å². The second-order valence-electron chi connectivity index (χ2n) is 19.6. The number of nitrogens with zero attached hydrogens (tertiary/aromatic N) is 3. The van der Waals surface area contributed by atoms with Gasteiger partial charge in [-0.1, -0.05) is 64.1 Å². The Hall–Kier alpha value is -6.97. The van der Waals surface area contributed by atoms with E-state index >= 15 is 4.79 Å². The first-order chi connectivity index (χ1) is 36.6. The molecule has 0 unspecified atom stereocenters. The molecule has 1 spiro atoms. The number of nitrogens with two attached hydrogens (primary N) is 5. The molecule has 3 saturated heterocycles. The number of likely N-dealkylation sites (tertiary alicyclic amines) is 2. The summed E-state index contributed by atoms with van der Waals surface area (Å²) < 4.78 is -0.743. The lowest BCUT2D eigenvalue weighted by molar-refractivity contribution is -0.142. The molecule has 3 fully saturated rings. The van der Waals surface area contributed by atoms with Gasteiger partial charge in [0.1, 0.15) is 36.0 Å². The average Bonchev–Trinajstić information content (AvgIpc) is 3.89. The number of aliphatic imine (C=N–C) groups is 1. The van der Waals surface area contributed by atoms with Gasteiger partial charge in [-0.15, -0.1) is 0 Å². The van der Waals surface area contributed by atoms with Crippen molar-refractivity contribution in [1.29, 1.82) is 0 Å². The van der Waals surface area contributed by atoms with Gasteiger partial charge >= 0.3 is 0 Å². The number of rotatable bonds is 19. The van der Waals surface area contributed by atoms with Crippen LogP contribution in [0.4, 0.5) is 0 Å². The Morgan fingerprint density at radius 2 is 1.43 bits per heavy atom. The van der Waals surface area contributed by atoms with Crippen LogP contribution in [0.15, 0.2) is 59.6 Å². The molecule has 9 amide bonds. The largest absolute Gasteiger partial charge is 0.508 e. The number of carbonyl (C=O) groups excluding carboxylic acids is 10. The van der Waals surface area contributed by atoms with E-state index in [1.807, 2.05) is 7.05 Å². The second kappa shape index (κ2) is 29.5. The van der Waals surface area contributed by atoms with Crippen LogP contribution in [-0.4, -0.2) is 172 Å². The lowest BCUT2D eigenvalue weighted by atomic mass is 9.87. The lowest BCUT2D eigenvalue weighted by Gasteiger charge is -2.40. The van der Waals surface area contributed by atoms with Gasteiger partial charge in [-0.3, -0.25) is 58.3 Å². The maximum absolute atomic E-state index is 15.1. The second-order valence-corrected chi connectivity index (χ2v) is 22.4. The molecule has 0 aliphatic carbocycles. The van der Waals surface area contributed by atoms with Crippen molar-refractivity contribution in [3.05, 3.63) is 65.7 Å². The number of nitrogens with one attached hydrogen (secondary N) is 6. The van der Waals surface area contributed by atoms with Crippen molar-refractivity contribution in [1.82, 2.24) is 41.7 Å². The fourth-order valence-corrected chi connectivity index (χ4v) is 12.5. The van der Waals surface area contributed by atoms with Gasteiger partial charge in [-0.2, -0.15) is 0 Å². The summed E-state index contributed by atoms with van der Waals surface area (Å²) in [5.41, 5.74) is 28.7. The standard InChI is InChI=1S/C50H72N14O11S2/c1-63-21-17-50(18-22-63)26-39(66)34(23-30-11-13-31(65)14-12-30)58-35(24-29-7-3-2-4-8-29)45(72)59-33(15-16-40(51)67)44(71)61-36(25-41(52)68)46(73)62-37(28-76-77-50)48(75)64-20-6-10-38(64)47(74)60-32(9-5-19-56-49(54)55)43(70)57-27-42(53)69/h2-4,7-8,11-14,32-38,58,65H,5-6,9-10,15-28H2,1H3,(H2,51,67)(H2,52,68)(H2,53,69)(H,57,70)(H,59,72)(H,60,74)(H,61,71)(H,62,73)(H4,54,55,56)/t32-,33-,34-,35-,36-,37-,38-/m0/s1. The van der Waals surface area contributed by atoms with Crippen LogP contribution in [0, 0.1) is 0 Å². The first-order valence-electron chi connectivity index (χ1n) is 25.4. The predicted octanol–water partition coefficient (Wildman–Crippen LogP) is -2.95. The smallest absolute Gasteiger partial charge is 0.246 e. The van der Waals surface area contributed by atoms with Crippen LogP contribution >= 0.6 is 21.6 Å². The molecule has 25 nitrogen and oxygen atoms in total. The van der Waals surface area contributed by atoms with Crippen molar-refractivity contribution in [2.75, 3.05) is 45.5 Å². The summed E-state index contributed by atoms with van der Waals surface area (Å²) in [7, 11) is 4.55. The van der Waals surface area contributed by atoms with E-state index < -0.39 is 120 Å². The zero-order chi connectivity index (χ0) is 56.2. The van der Waals surface area contributed by atoms with Gasteiger partial charge in [0.25, 0.3) is 0 Å². The number of guanidine groups is 1. The molecule has 27 heteroatoms. The van der Waals surface area contributed by atoms with Crippen LogP contribution in [0.2, 0.25) is 0 Å². The minimum absolute atomic E-state index is 0.00224. The Morgan fingerprint density at radius 3 is 2.08 bits per heavy atom. The number of phenols is 1. The first kappa shape index (κ1) is 60.9. The van der Waals surface area contributed by atoms with Crippen molar-refractivity contribution >= 4 is 86.5 Å². The van der Waals surface area contributed by atoms with Gasteiger partial charge in [0.2, 0.25) is 53.2 Å². The monoisotopic (exact) mass is 1110 g/mol. The Balaban J connectivity index is 1.54. The van der Waals surface area contributed by atoms with Crippen LogP contribution in [0.25, 0.3) is 0 Å². The molecule has 3 aliphatic rings.